The molecule has 2 rings (SSSR count). The van der Waals surface area contributed by atoms with Crippen LogP contribution in [0.3, 0.4) is 0 Å². The molecule has 0 aromatic heterocycles. The lowest BCUT2D eigenvalue weighted by atomic mass is 10.1. The summed E-state index contributed by atoms with van der Waals surface area (Å²) in [5.74, 6) is 0.633. The number of carbonyl (C=O) groups excluding carboxylic acids is 1. The van der Waals surface area contributed by atoms with Gasteiger partial charge in [0.05, 0.1) is 0 Å². The van der Waals surface area contributed by atoms with Crippen LogP contribution in [-0.4, -0.2) is 12.0 Å². The predicted molar refractivity (Wildman–Crippen MR) is 98.1 cm³/mol. The van der Waals surface area contributed by atoms with Crippen LogP contribution in [0.4, 0.5) is 5.69 Å². The molecule has 1 amide bonds. The minimum absolute atomic E-state index is 0.130. The fourth-order valence-electron chi connectivity index (χ4n) is 2.25. The van der Waals surface area contributed by atoms with E-state index in [2.05, 4.69) is 21.2 Å². The molecule has 1 N–H and O–H groups in total. The van der Waals surface area contributed by atoms with Crippen molar-refractivity contribution in [2.24, 2.45) is 0 Å². The first kappa shape index (κ1) is 17.5. The van der Waals surface area contributed by atoms with E-state index in [4.69, 9.17) is 4.74 Å². The van der Waals surface area contributed by atoms with Crippen LogP contribution in [0.25, 0.3) is 0 Å². The van der Waals surface area contributed by atoms with Crippen molar-refractivity contribution >= 4 is 27.5 Å². The highest BCUT2D eigenvalue weighted by Crippen LogP contribution is 2.23. The zero-order valence-electron chi connectivity index (χ0n) is 13.9. The summed E-state index contributed by atoms with van der Waals surface area (Å²) in [5, 5.41) is 2.93. The maximum Gasteiger partial charge on any atom is 0.265 e. The molecule has 2 aromatic rings. The van der Waals surface area contributed by atoms with Crippen molar-refractivity contribution in [1.29, 1.82) is 0 Å². The number of carbonyl (C=O) groups is 1. The summed E-state index contributed by atoms with van der Waals surface area (Å²) in [5.41, 5.74) is 4.00. The first-order valence-electron chi connectivity index (χ1n) is 7.71. The van der Waals surface area contributed by atoms with Crippen molar-refractivity contribution in [2.75, 3.05) is 5.32 Å². The van der Waals surface area contributed by atoms with Gasteiger partial charge in [-0.2, -0.15) is 0 Å². The molecule has 0 fully saturated rings. The van der Waals surface area contributed by atoms with Gasteiger partial charge < -0.3 is 10.1 Å². The maximum atomic E-state index is 12.5. The van der Waals surface area contributed by atoms with Crippen LogP contribution in [0.5, 0.6) is 5.75 Å². The van der Waals surface area contributed by atoms with Gasteiger partial charge in [0.1, 0.15) is 5.75 Å². The Morgan fingerprint density at radius 3 is 2.52 bits per heavy atom. The molecule has 23 heavy (non-hydrogen) atoms. The van der Waals surface area contributed by atoms with Gasteiger partial charge in [0.2, 0.25) is 0 Å². The van der Waals surface area contributed by atoms with Gasteiger partial charge in [-0.25, -0.2) is 0 Å². The molecule has 0 radical (unpaired) electrons. The third-order valence-electron chi connectivity index (χ3n) is 3.70. The Morgan fingerprint density at radius 2 is 1.87 bits per heavy atom. The molecule has 0 bridgehead atoms. The number of rotatable bonds is 5. The van der Waals surface area contributed by atoms with E-state index in [9.17, 15) is 4.79 Å². The van der Waals surface area contributed by atoms with Crippen molar-refractivity contribution < 1.29 is 9.53 Å². The van der Waals surface area contributed by atoms with Crippen molar-refractivity contribution in [3.05, 3.63) is 57.6 Å². The average molecular weight is 376 g/mol. The minimum Gasteiger partial charge on any atom is -0.480 e. The van der Waals surface area contributed by atoms with Crippen LogP contribution in [0.1, 0.15) is 30.0 Å². The molecule has 0 aliphatic heterocycles. The quantitative estimate of drug-likeness (QED) is 0.782. The second kappa shape index (κ2) is 7.64. The lowest BCUT2D eigenvalue weighted by molar-refractivity contribution is -0.122. The average Bonchev–Trinajstić information content (AvgIpc) is 2.51. The van der Waals surface area contributed by atoms with Crippen molar-refractivity contribution in [3.8, 4) is 5.75 Å². The molecule has 0 heterocycles. The van der Waals surface area contributed by atoms with Crippen molar-refractivity contribution in [1.82, 2.24) is 0 Å². The molecule has 1 unspecified atom stereocenters. The molecular weight excluding hydrogens is 354 g/mol. The standard InChI is InChI=1S/C19H22BrNO2/c1-5-17(23-18-10-12(2)6-7-13(18)3)19(22)21-15-8-9-16(20)14(4)11-15/h6-11,17H,5H2,1-4H3,(H,21,22). The van der Waals surface area contributed by atoms with Gasteiger partial charge in [-0.15, -0.1) is 0 Å². The molecule has 0 aliphatic rings. The van der Waals surface area contributed by atoms with Gasteiger partial charge in [-0.1, -0.05) is 35.0 Å². The molecule has 0 aliphatic carbocycles. The number of benzene rings is 2. The SMILES string of the molecule is CCC(Oc1cc(C)ccc1C)C(=O)Nc1ccc(Br)c(C)c1. The third kappa shape index (κ3) is 4.58. The van der Waals surface area contributed by atoms with Crippen molar-refractivity contribution in [3.63, 3.8) is 0 Å². The second-order valence-corrected chi connectivity index (χ2v) is 6.59. The summed E-state index contributed by atoms with van der Waals surface area (Å²) in [6.45, 7) is 7.93. The Morgan fingerprint density at radius 1 is 1.13 bits per heavy atom. The number of anilines is 1. The van der Waals surface area contributed by atoms with Crippen LogP contribution < -0.4 is 10.1 Å². The Bertz CT molecular complexity index is 713. The number of nitrogens with one attached hydrogen (secondary N) is 1. The minimum atomic E-state index is -0.514. The topological polar surface area (TPSA) is 38.3 Å². The number of aryl methyl sites for hydroxylation is 3. The number of hydrogen-bond acceptors (Lipinski definition) is 2. The highest BCUT2D eigenvalue weighted by atomic mass is 79.9. The molecular formula is C19H22BrNO2. The zero-order chi connectivity index (χ0) is 17.0. The van der Waals surface area contributed by atoms with Crippen LogP contribution >= 0.6 is 15.9 Å². The Hall–Kier alpha value is -1.81. The maximum absolute atomic E-state index is 12.5. The molecule has 0 spiro atoms. The smallest absolute Gasteiger partial charge is 0.265 e. The summed E-state index contributed by atoms with van der Waals surface area (Å²) in [6.07, 6.45) is 0.0915. The van der Waals surface area contributed by atoms with Gasteiger partial charge in [0.25, 0.3) is 5.91 Å². The fraction of sp³-hybridized carbons (Fsp3) is 0.316. The van der Waals surface area contributed by atoms with E-state index in [-0.39, 0.29) is 5.91 Å². The van der Waals surface area contributed by atoms with E-state index < -0.39 is 6.10 Å². The molecule has 4 heteroatoms. The van der Waals surface area contributed by atoms with Crippen molar-refractivity contribution in [2.45, 2.75) is 40.2 Å². The second-order valence-electron chi connectivity index (χ2n) is 5.74. The lowest BCUT2D eigenvalue weighted by Gasteiger charge is -2.19. The van der Waals surface area contributed by atoms with Gasteiger partial charge in [0, 0.05) is 10.2 Å². The fourth-order valence-corrected chi connectivity index (χ4v) is 2.50. The third-order valence-corrected chi connectivity index (χ3v) is 4.59. The number of halogens is 1. The highest BCUT2D eigenvalue weighted by molar-refractivity contribution is 9.10. The Kier molecular flexibility index (Phi) is 5.83. The van der Waals surface area contributed by atoms with Gasteiger partial charge in [-0.05, 0) is 68.1 Å². The van der Waals surface area contributed by atoms with E-state index in [0.29, 0.717) is 6.42 Å². The van der Waals surface area contributed by atoms with E-state index in [1.54, 1.807) is 0 Å². The van der Waals surface area contributed by atoms with E-state index in [1.165, 1.54) is 0 Å². The van der Waals surface area contributed by atoms with Gasteiger partial charge in [-0.3, -0.25) is 4.79 Å². The summed E-state index contributed by atoms with van der Waals surface area (Å²) < 4.78 is 6.96. The molecule has 0 saturated heterocycles. The monoisotopic (exact) mass is 375 g/mol. The first-order chi connectivity index (χ1) is 10.9. The predicted octanol–water partition coefficient (Wildman–Crippen LogP) is 5.17. The molecule has 1 atom stereocenters. The summed E-state index contributed by atoms with van der Waals surface area (Å²) in [7, 11) is 0. The largest absolute Gasteiger partial charge is 0.480 e. The first-order valence-corrected chi connectivity index (χ1v) is 8.51. The zero-order valence-corrected chi connectivity index (χ0v) is 15.5. The molecule has 3 nitrogen and oxygen atoms in total. The van der Waals surface area contributed by atoms with Crippen LogP contribution in [-0.2, 0) is 4.79 Å². The summed E-state index contributed by atoms with van der Waals surface area (Å²) in [6, 6.07) is 11.7. The number of ether oxygens (including phenoxy) is 1. The van der Waals surface area contributed by atoms with Gasteiger partial charge in [0.15, 0.2) is 6.10 Å². The normalized spacial score (nSPS) is 11.9. The molecule has 2 aromatic carbocycles. The van der Waals surface area contributed by atoms with E-state index in [0.717, 1.165) is 32.6 Å². The van der Waals surface area contributed by atoms with Crippen LogP contribution in [0.15, 0.2) is 40.9 Å². The highest BCUT2D eigenvalue weighted by Gasteiger charge is 2.19. The Labute approximate surface area is 146 Å². The van der Waals surface area contributed by atoms with Crippen LogP contribution in [0.2, 0.25) is 0 Å². The summed E-state index contributed by atoms with van der Waals surface area (Å²) in [4.78, 5) is 12.5. The van der Waals surface area contributed by atoms with E-state index in [1.807, 2.05) is 64.1 Å². The Balaban J connectivity index is 2.11. The van der Waals surface area contributed by atoms with E-state index >= 15 is 0 Å². The number of hydrogen-bond donors (Lipinski definition) is 1. The lowest BCUT2D eigenvalue weighted by Crippen LogP contribution is -2.32. The molecule has 0 saturated carbocycles. The summed E-state index contributed by atoms with van der Waals surface area (Å²) >= 11 is 3.46. The number of amides is 1. The van der Waals surface area contributed by atoms with Gasteiger partial charge >= 0.3 is 0 Å². The van der Waals surface area contributed by atoms with Crippen LogP contribution in [0, 0.1) is 20.8 Å². The molecule has 122 valence electrons.